The van der Waals surface area contributed by atoms with Gasteiger partial charge in [0.1, 0.15) is 0 Å². The van der Waals surface area contributed by atoms with Gasteiger partial charge in [-0.25, -0.2) is 12.7 Å². The van der Waals surface area contributed by atoms with Gasteiger partial charge in [-0.2, -0.15) is 0 Å². The lowest BCUT2D eigenvalue weighted by Gasteiger charge is -2.36. The van der Waals surface area contributed by atoms with Crippen LogP contribution in [-0.2, 0) is 14.8 Å². The van der Waals surface area contributed by atoms with Crippen LogP contribution in [0.15, 0.2) is 24.3 Å². The molecule has 0 saturated carbocycles. The molecule has 1 aromatic rings. The zero-order valence-corrected chi connectivity index (χ0v) is 11.7. The summed E-state index contributed by atoms with van der Waals surface area (Å²) in [6.07, 6.45) is 1.10. The summed E-state index contributed by atoms with van der Waals surface area (Å²) in [6.45, 7) is 0.312. The van der Waals surface area contributed by atoms with E-state index in [-0.39, 0.29) is 24.6 Å². The summed E-state index contributed by atoms with van der Waals surface area (Å²) < 4.78 is 23.7. The molecule has 0 atom stereocenters. The lowest BCUT2D eigenvalue weighted by Crippen LogP contribution is -2.53. The van der Waals surface area contributed by atoms with E-state index in [2.05, 4.69) is 5.32 Å². The number of carbonyl (C=O) groups excluding carboxylic acids is 2. The lowest BCUT2D eigenvalue weighted by atomic mass is 10.0. The van der Waals surface area contributed by atoms with Crippen molar-refractivity contribution in [1.29, 1.82) is 0 Å². The van der Waals surface area contributed by atoms with Crippen LogP contribution >= 0.6 is 0 Å². The first kappa shape index (κ1) is 14.5. The smallest absolute Gasteiger partial charge is 0.250 e. The van der Waals surface area contributed by atoms with Crippen molar-refractivity contribution in [3.05, 3.63) is 29.8 Å². The Morgan fingerprint density at radius 2 is 1.90 bits per heavy atom. The van der Waals surface area contributed by atoms with E-state index in [9.17, 15) is 18.0 Å². The van der Waals surface area contributed by atoms with E-state index in [1.54, 1.807) is 18.2 Å². The highest BCUT2D eigenvalue weighted by molar-refractivity contribution is 7.88. The quantitative estimate of drug-likeness (QED) is 0.789. The average Bonchev–Trinajstić information content (AvgIpc) is 2.25. The molecule has 2 rings (SSSR count). The second-order valence-corrected chi connectivity index (χ2v) is 6.66. The first-order valence-corrected chi connectivity index (χ1v) is 7.78. The number of hydrogen-bond acceptors (Lipinski definition) is 4. The van der Waals surface area contributed by atoms with Crippen LogP contribution in [-0.4, -0.2) is 43.9 Å². The van der Waals surface area contributed by atoms with Crippen molar-refractivity contribution in [2.75, 3.05) is 24.7 Å². The SMILES string of the molecule is CS(=O)(=O)N1CC(C(=O)Nc2ccccc2C(N)=O)C1. The average molecular weight is 297 g/mol. The van der Waals surface area contributed by atoms with E-state index in [0.29, 0.717) is 5.69 Å². The van der Waals surface area contributed by atoms with Crippen molar-refractivity contribution in [1.82, 2.24) is 4.31 Å². The van der Waals surface area contributed by atoms with Crippen molar-refractivity contribution in [3.8, 4) is 0 Å². The van der Waals surface area contributed by atoms with Gasteiger partial charge >= 0.3 is 0 Å². The molecule has 108 valence electrons. The molecule has 20 heavy (non-hydrogen) atoms. The summed E-state index contributed by atoms with van der Waals surface area (Å²) in [5, 5.41) is 2.60. The van der Waals surface area contributed by atoms with Crippen LogP contribution in [0.5, 0.6) is 0 Å². The van der Waals surface area contributed by atoms with Crippen molar-refractivity contribution < 1.29 is 18.0 Å². The van der Waals surface area contributed by atoms with Crippen LogP contribution in [0.2, 0.25) is 0 Å². The highest BCUT2D eigenvalue weighted by Crippen LogP contribution is 2.22. The summed E-state index contributed by atoms with van der Waals surface area (Å²) in [6, 6.07) is 6.41. The molecule has 8 heteroatoms. The van der Waals surface area contributed by atoms with E-state index in [0.717, 1.165) is 6.26 Å². The van der Waals surface area contributed by atoms with E-state index in [1.165, 1.54) is 10.4 Å². The van der Waals surface area contributed by atoms with Crippen molar-refractivity contribution >= 4 is 27.5 Å². The third-order valence-corrected chi connectivity index (χ3v) is 4.37. The number of nitrogens with one attached hydrogen (secondary N) is 1. The molecule has 1 heterocycles. The van der Waals surface area contributed by atoms with Gasteiger partial charge in [-0.3, -0.25) is 9.59 Å². The van der Waals surface area contributed by atoms with Gasteiger partial charge in [-0.1, -0.05) is 12.1 Å². The van der Waals surface area contributed by atoms with Gasteiger partial charge in [0.15, 0.2) is 0 Å². The molecule has 7 nitrogen and oxygen atoms in total. The van der Waals surface area contributed by atoms with Crippen LogP contribution in [0.1, 0.15) is 10.4 Å². The number of nitrogens with zero attached hydrogens (tertiary/aromatic N) is 1. The first-order valence-electron chi connectivity index (χ1n) is 5.94. The van der Waals surface area contributed by atoms with E-state index in [1.807, 2.05) is 0 Å². The Labute approximate surface area is 116 Å². The molecule has 1 aliphatic heterocycles. The Morgan fingerprint density at radius 3 is 2.45 bits per heavy atom. The lowest BCUT2D eigenvalue weighted by molar-refractivity contribution is -0.122. The number of carbonyl (C=O) groups is 2. The van der Waals surface area contributed by atoms with Crippen LogP contribution in [0.3, 0.4) is 0 Å². The zero-order valence-electron chi connectivity index (χ0n) is 10.9. The number of primary amides is 1. The third kappa shape index (κ3) is 2.97. The van der Waals surface area contributed by atoms with Gasteiger partial charge in [-0.05, 0) is 12.1 Å². The summed E-state index contributed by atoms with van der Waals surface area (Å²) >= 11 is 0. The number of para-hydroxylation sites is 1. The fourth-order valence-corrected chi connectivity index (χ4v) is 2.82. The van der Waals surface area contributed by atoms with E-state index in [4.69, 9.17) is 5.73 Å². The molecule has 0 bridgehead atoms. The number of anilines is 1. The Morgan fingerprint density at radius 1 is 1.30 bits per heavy atom. The maximum absolute atomic E-state index is 12.0. The number of rotatable bonds is 4. The molecule has 2 amide bonds. The number of nitrogens with two attached hydrogens (primary N) is 1. The number of amides is 2. The second-order valence-electron chi connectivity index (χ2n) is 4.68. The molecular formula is C12H15N3O4S. The largest absolute Gasteiger partial charge is 0.366 e. The molecule has 0 aromatic heterocycles. The predicted molar refractivity (Wildman–Crippen MR) is 73.5 cm³/mol. The van der Waals surface area contributed by atoms with Gasteiger partial charge in [0.05, 0.1) is 23.4 Å². The van der Waals surface area contributed by atoms with Crippen LogP contribution in [0, 0.1) is 5.92 Å². The topological polar surface area (TPSA) is 110 Å². The molecule has 1 saturated heterocycles. The van der Waals surface area contributed by atoms with Crippen molar-refractivity contribution in [2.24, 2.45) is 11.7 Å². The van der Waals surface area contributed by atoms with E-state index < -0.39 is 21.8 Å². The minimum atomic E-state index is -3.25. The third-order valence-electron chi connectivity index (χ3n) is 3.14. The van der Waals surface area contributed by atoms with Gasteiger partial charge in [0.2, 0.25) is 15.9 Å². The highest BCUT2D eigenvalue weighted by Gasteiger charge is 2.37. The maximum atomic E-state index is 12.0. The summed E-state index contributed by atoms with van der Waals surface area (Å²) in [4.78, 5) is 23.2. The molecule has 0 unspecified atom stereocenters. The summed E-state index contributed by atoms with van der Waals surface area (Å²) in [5.74, 6) is -1.36. The molecular weight excluding hydrogens is 282 g/mol. The van der Waals surface area contributed by atoms with Gasteiger partial charge in [0.25, 0.3) is 5.91 Å². The van der Waals surface area contributed by atoms with Crippen molar-refractivity contribution in [3.63, 3.8) is 0 Å². The Bertz CT molecular complexity index is 650. The molecule has 0 radical (unpaired) electrons. The van der Waals surface area contributed by atoms with Gasteiger partial charge in [-0.15, -0.1) is 0 Å². The summed E-state index contributed by atoms with van der Waals surface area (Å²) in [5.41, 5.74) is 5.77. The monoisotopic (exact) mass is 297 g/mol. The van der Waals surface area contributed by atoms with E-state index >= 15 is 0 Å². The number of hydrogen-bond donors (Lipinski definition) is 2. The zero-order chi connectivity index (χ0) is 14.9. The first-order chi connectivity index (χ1) is 9.29. The highest BCUT2D eigenvalue weighted by atomic mass is 32.2. The Kier molecular flexibility index (Phi) is 3.78. The predicted octanol–water partition coefficient (Wildman–Crippen LogP) is -0.385. The standard InChI is InChI=1S/C12H15N3O4S/c1-20(18,19)15-6-8(7-15)12(17)14-10-5-3-2-4-9(10)11(13)16/h2-5,8H,6-7H2,1H3,(H2,13,16)(H,14,17). The molecule has 0 aliphatic carbocycles. The van der Waals surface area contributed by atoms with Gasteiger partial charge < -0.3 is 11.1 Å². The molecule has 0 spiro atoms. The fourth-order valence-electron chi connectivity index (χ4n) is 1.92. The molecule has 1 aromatic carbocycles. The van der Waals surface area contributed by atoms with Crippen LogP contribution in [0.25, 0.3) is 0 Å². The number of sulfonamides is 1. The molecule has 1 aliphatic rings. The normalized spacial score (nSPS) is 16.4. The Hall–Kier alpha value is -1.93. The molecule has 1 fully saturated rings. The van der Waals surface area contributed by atoms with Crippen LogP contribution < -0.4 is 11.1 Å². The Balaban J connectivity index is 2.02. The second kappa shape index (κ2) is 5.22. The fraction of sp³-hybridized carbons (Fsp3) is 0.333. The summed E-state index contributed by atoms with van der Waals surface area (Å²) in [7, 11) is -3.25. The minimum Gasteiger partial charge on any atom is -0.366 e. The maximum Gasteiger partial charge on any atom is 0.250 e. The minimum absolute atomic E-state index is 0.156. The molecule has 3 N–H and O–H groups in total. The van der Waals surface area contributed by atoms with Crippen molar-refractivity contribution in [2.45, 2.75) is 0 Å². The van der Waals surface area contributed by atoms with Crippen LogP contribution in [0.4, 0.5) is 5.69 Å². The number of benzene rings is 1. The van der Waals surface area contributed by atoms with Gasteiger partial charge in [0, 0.05) is 13.1 Å².